The Kier molecular flexibility index (Phi) is 7.71. The van der Waals surface area contributed by atoms with Crippen LogP contribution in [0.3, 0.4) is 0 Å². The van der Waals surface area contributed by atoms with Crippen molar-refractivity contribution >= 4 is 33.4 Å². The number of rotatable bonds is 6. The number of halogens is 3. The number of hydrogen-bond donors (Lipinski definition) is 1. The first-order chi connectivity index (χ1) is 15.5. The molecule has 0 bridgehead atoms. The molecule has 1 N–H and O–H groups in total. The van der Waals surface area contributed by atoms with Gasteiger partial charge in [-0.15, -0.1) is 0 Å². The molecule has 0 aliphatic carbocycles. The van der Waals surface area contributed by atoms with E-state index in [0.717, 1.165) is 16.4 Å². The van der Waals surface area contributed by atoms with E-state index >= 15 is 0 Å². The maximum Gasteiger partial charge on any atom is 0.253 e. The Morgan fingerprint density at radius 3 is 2.21 bits per heavy atom. The van der Waals surface area contributed by atoms with Crippen molar-refractivity contribution in [2.24, 2.45) is 5.92 Å². The summed E-state index contributed by atoms with van der Waals surface area (Å²) in [6.07, 6.45) is 0. The minimum atomic E-state index is -4.04. The van der Waals surface area contributed by atoms with Crippen LogP contribution >= 0.6 is 11.6 Å². The Balaban J connectivity index is 1.68. The van der Waals surface area contributed by atoms with Gasteiger partial charge in [0.2, 0.25) is 15.9 Å². The molecule has 33 heavy (non-hydrogen) atoms. The largest absolute Gasteiger partial charge is 0.340 e. The lowest BCUT2D eigenvalue weighted by Gasteiger charge is -2.36. The molecule has 2 amide bonds. The third-order valence-electron chi connectivity index (χ3n) is 5.42. The number of amides is 2. The molecule has 0 aromatic heterocycles. The number of benzene rings is 2. The number of carbonyl (C=O) groups excluding carboxylic acids is 2. The second-order valence-corrected chi connectivity index (χ2v) is 10.3. The van der Waals surface area contributed by atoms with Crippen LogP contribution < -0.4 is 5.32 Å². The molecule has 178 valence electrons. The van der Waals surface area contributed by atoms with Gasteiger partial charge in [0.1, 0.15) is 6.04 Å². The average molecular weight is 500 g/mol. The van der Waals surface area contributed by atoms with Crippen LogP contribution in [0, 0.1) is 17.6 Å². The Morgan fingerprint density at radius 1 is 1.00 bits per heavy atom. The van der Waals surface area contributed by atoms with Gasteiger partial charge in [-0.05, 0) is 36.2 Å². The third kappa shape index (κ3) is 5.51. The molecule has 1 aliphatic rings. The smallest absolute Gasteiger partial charge is 0.253 e. The second-order valence-electron chi connectivity index (χ2n) is 7.98. The van der Waals surface area contributed by atoms with Crippen LogP contribution in [0.15, 0.2) is 47.4 Å². The van der Waals surface area contributed by atoms with Crippen LogP contribution in [0.25, 0.3) is 0 Å². The Labute approximate surface area is 196 Å². The van der Waals surface area contributed by atoms with Crippen molar-refractivity contribution in [2.45, 2.75) is 24.8 Å². The number of nitrogens with zero attached hydrogens (tertiary/aromatic N) is 2. The molecule has 0 radical (unpaired) electrons. The Bertz CT molecular complexity index is 1150. The summed E-state index contributed by atoms with van der Waals surface area (Å²) in [4.78, 5) is 26.9. The molecule has 0 saturated carbocycles. The molecule has 1 heterocycles. The van der Waals surface area contributed by atoms with Crippen LogP contribution in [0.2, 0.25) is 5.02 Å². The number of nitrogens with one attached hydrogen (secondary N) is 1. The summed E-state index contributed by atoms with van der Waals surface area (Å²) in [6, 6.07) is 8.07. The lowest BCUT2D eigenvalue weighted by atomic mass is 10.0. The normalized spacial score (nSPS) is 16.0. The Morgan fingerprint density at radius 2 is 1.64 bits per heavy atom. The highest BCUT2D eigenvalue weighted by Gasteiger charge is 2.34. The fraction of sp³-hybridized carbons (Fsp3) is 0.364. The average Bonchev–Trinajstić information content (AvgIpc) is 2.78. The van der Waals surface area contributed by atoms with Gasteiger partial charge in [-0.3, -0.25) is 9.59 Å². The van der Waals surface area contributed by atoms with Crippen molar-refractivity contribution < 1.29 is 26.8 Å². The zero-order valence-corrected chi connectivity index (χ0v) is 19.7. The summed E-state index contributed by atoms with van der Waals surface area (Å²) in [5.41, 5.74) is 0.250. The van der Waals surface area contributed by atoms with E-state index in [-0.39, 0.29) is 53.5 Å². The van der Waals surface area contributed by atoms with Gasteiger partial charge in [-0.2, -0.15) is 4.31 Å². The number of carbonyl (C=O) groups is 2. The second kappa shape index (κ2) is 10.1. The monoisotopic (exact) mass is 499 g/mol. The van der Waals surface area contributed by atoms with Crippen molar-refractivity contribution in [1.29, 1.82) is 0 Å². The Hall–Kier alpha value is -2.56. The summed E-state index contributed by atoms with van der Waals surface area (Å²) in [7, 11) is -4.04. The van der Waals surface area contributed by atoms with E-state index in [1.807, 2.05) is 0 Å². The van der Waals surface area contributed by atoms with E-state index < -0.39 is 33.6 Å². The maximum atomic E-state index is 13.5. The summed E-state index contributed by atoms with van der Waals surface area (Å²) in [5.74, 6) is -3.43. The summed E-state index contributed by atoms with van der Waals surface area (Å²) in [6.45, 7) is 3.73. The van der Waals surface area contributed by atoms with Gasteiger partial charge in [0, 0.05) is 26.2 Å². The van der Waals surface area contributed by atoms with Crippen LogP contribution in [0.5, 0.6) is 0 Å². The first kappa shape index (κ1) is 25.1. The highest BCUT2D eigenvalue weighted by atomic mass is 35.5. The standard InChI is InChI=1S/C22H24ClF2N3O4S/c1-14(2)20(26-21(29)16-5-3-4-6-17(16)23)22(30)27-9-11-28(12-10-27)33(31,32)15-7-8-18(24)19(25)13-15/h3-8,13-14,20H,9-12H2,1-2H3,(H,26,29). The molecule has 2 aromatic rings. The first-order valence-electron chi connectivity index (χ1n) is 10.3. The van der Waals surface area contributed by atoms with Gasteiger partial charge in [0.05, 0.1) is 15.5 Å². The molecule has 1 atom stereocenters. The summed E-state index contributed by atoms with van der Waals surface area (Å²) >= 11 is 6.08. The molecule has 11 heteroatoms. The third-order valence-corrected chi connectivity index (χ3v) is 7.64. The van der Waals surface area contributed by atoms with E-state index in [1.54, 1.807) is 38.1 Å². The van der Waals surface area contributed by atoms with Crippen LogP contribution in [0.4, 0.5) is 8.78 Å². The minimum Gasteiger partial charge on any atom is -0.340 e. The highest BCUT2D eigenvalue weighted by Crippen LogP contribution is 2.21. The van der Waals surface area contributed by atoms with Crippen LogP contribution in [0.1, 0.15) is 24.2 Å². The molecular weight excluding hydrogens is 476 g/mol. The number of sulfonamides is 1. The van der Waals surface area contributed by atoms with Crippen molar-refractivity contribution in [2.75, 3.05) is 26.2 Å². The zero-order chi connectivity index (χ0) is 24.3. The van der Waals surface area contributed by atoms with Crippen molar-refractivity contribution in [3.05, 3.63) is 64.7 Å². The number of piperazine rings is 1. The SMILES string of the molecule is CC(C)C(NC(=O)c1ccccc1Cl)C(=O)N1CCN(S(=O)(=O)c2ccc(F)c(F)c2)CC1. The van der Waals surface area contributed by atoms with Crippen LogP contribution in [-0.2, 0) is 14.8 Å². The van der Waals surface area contributed by atoms with Gasteiger partial charge >= 0.3 is 0 Å². The lowest BCUT2D eigenvalue weighted by molar-refractivity contribution is -0.135. The maximum absolute atomic E-state index is 13.5. The molecule has 1 unspecified atom stereocenters. The molecule has 1 saturated heterocycles. The molecule has 7 nitrogen and oxygen atoms in total. The van der Waals surface area contributed by atoms with E-state index in [2.05, 4.69) is 5.32 Å². The van der Waals surface area contributed by atoms with E-state index in [4.69, 9.17) is 11.6 Å². The van der Waals surface area contributed by atoms with Crippen molar-refractivity contribution in [3.63, 3.8) is 0 Å². The predicted octanol–water partition coefficient (Wildman–Crippen LogP) is 2.91. The molecule has 1 fully saturated rings. The van der Waals surface area contributed by atoms with Gasteiger partial charge < -0.3 is 10.2 Å². The van der Waals surface area contributed by atoms with Gasteiger partial charge in [0.15, 0.2) is 11.6 Å². The molecular formula is C22H24ClF2N3O4S. The minimum absolute atomic E-state index is 0.0175. The molecule has 2 aromatic carbocycles. The fourth-order valence-electron chi connectivity index (χ4n) is 3.51. The van der Waals surface area contributed by atoms with Gasteiger partial charge in [0.25, 0.3) is 5.91 Å². The predicted molar refractivity (Wildman–Crippen MR) is 119 cm³/mol. The van der Waals surface area contributed by atoms with E-state index in [0.29, 0.717) is 6.07 Å². The molecule has 3 rings (SSSR count). The van der Waals surface area contributed by atoms with Gasteiger partial charge in [-0.1, -0.05) is 37.6 Å². The number of hydrogen-bond acceptors (Lipinski definition) is 4. The van der Waals surface area contributed by atoms with Crippen molar-refractivity contribution in [3.8, 4) is 0 Å². The molecule has 0 spiro atoms. The van der Waals surface area contributed by atoms with Crippen LogP contribution in [-0.4, -0.2) is 61.7 Å². The molecule has 1 aliphatic heterocycles. The summed E-state index contributed by atoms with van der Waals surface area (Å²) in [5, 5.41) is 2.99. The summed E-state index contributed by atoms with van der Waals surface area (Å²) < 4.78 is 53.3. The lowest BCUT2D eigenvalue weighted by Crippen LogP contribution is -2.57. The topological polar surface area (TPSA) is 86.8 Å². The van der Waals surface area contributed by atoms with Gasteiger partial charge in [-0.25, -0.2) is 17.2 Å². The quantitative estimate of drug-likeness (QED) is 0.662. The zero-order valence-electron chi connectivity index (χ0n) is 18.1. The fourth-order valence-corrected chi connectivity index (χ4v) is 5.17. The highest BCUT2D eigenvalue weighted by molar-refractivity contribution is 7.89. The van der Waals surface area contributed by atoms with E-state index in [1.165, 1.54) is 4.90 Å². The van der Waals surface area contributed by atoms with E-state index in [9.17, 15) is 26.8 Å². The van der Waals surface area contributed by atoms with Crippen molar-refractivity contribution in [1.82, 2.24) is 14.5 Å². The first-order valence-corrected chi connectivity index (χ1v) is 12.1.